The van der Waals surface area contributed by atoms with Gasteiger partial charge < -0.3 is 47.3 Å². The molecule has 0 radical (unpaired) electrons. The molecule has 8 N–H and O–H groups in total. The smallest absolute Gasteiger partial charge is 0.329 e. The summed E-state index contributed by atoms with van der Waals surface area (Å²) in [6, 6.07) is 1.52. The number of likely N-dealkylation sites (tertiary alicyclic amines) is 2. The predicted octanol–water partition coefficient (Wildman–Crippen LogP) is 1.44. The van der Waals surface area contributed by atoms with Crippen molar-refractivity contribution in [2.75, 3.05) is 13.1 Å². The summed E-state index contributed by atoms with van der Waals surface area (Å²) in [5.41, 5.74) is 11.4. The molecule has 17 nitrogen and oxygen atoms in total. The van der Waals surface area contributed by atoms with Crippen molar-refractivity contribution in [3.05, 3.63) is 35.9 Å². The Morgan fingerprint density at radius 1 is 0.754 bits per heavy atom. The molecule has 340 valence electrons. The number of carbonyl (C=O) groups excluding carboxylic acids is 8. The average molecular weight is 855 g/mol. The van der Waals surface area contributed by atoms with Gasteiger partial charge in [0.05, 0.1) is 12.5 Å². The van der Waals surface area contributed by atoms with Crippen molar-refractivity contribution in [1.29, 1.82) is 0 Å². The maximum atomic E-state index is 14.3. The number of esters is 1. The Morgan fingerprint density at radius 2 is 1.31 bits per heavy atom. The van der Waals surface area contributed by atoms with Crippen LogP contribution in [0.3, 0.4) is 0 Å². The van der Waals surface area contributed by atoms with E-state index >= 15 is 0 Å². The fourth-order valence-electron chi connectivity index (χ4n) is 7.56. The second-order valence-electron chi connectivity index (χ2n) is 18.2. The van der Waals surface area contributed by atoms with Crippen LogP contribution in [0, 0.1) is 17.8 Å². The topological polar surface area (TPSA) is 252 Å². The second-order valence-corrected chi connectivity index (χ2v) is 18.2. The molecule has 0 bridgehead atoms. The van der Waals surface area contributed by atoms with Gasteiger partial charge in [0.1, 0.15) is 41.9 Å². The summed E-state index contributed by atoms with van der Waals surface area (Å²) >= 11 is 0. The van der Waals surface area contributed by atoms with Crippen molar-refractivity contribution in [1.82, 2.24) is 31.1 Å². The molecule has 8 atom stereocenters. The lowest BCUT2D eigenvalue weighted by Crippen LogP contribution is -2.61. The minimum absolute atomic E-state index is 0.0130. The highest BCUT2D eigenvalue weighted by atomic mass is 16.6. The van der Waals surface area contributed by atoms with Crippen molar-refractivity contribution in [3.8, 4) is 0 Å². The summed E-state index contributed by atoms with van der Waals surface area (Å²) in [6.07, 6.45) is 2.01. The molecular formula is C44H70N8O9. The first-order valence-electron chi connectivity index (χ1n) is 21.7. The third kappa shape index (κ3) is 14.8. The SMILES string of the molecule is CC[C@H](C)[C@H](NC(=O)[C@H](Cc1ccccc1)NC(=O)[C@@H]1CCCN1C(=O)[C@H](CC(N)=O)NC(=O)[C@@H](N)C(C)C)C(=O)N[C@@H](CC(C)C)C(=O)N1CCC[C@H]1C(=O)OC(C)(C)C. The van der Waals surface area contributed by atoms with Crippen molar-refractivity contribution in [2.24, 2.45) is 29.2 Å². The molecule has 7 amide bonds. The van der Waals surface area contributed by atoms with Crippen molar-refractivity contribution >= 4 is 47.3 Å². The van der Waals surface area contributed by atoms with Gasteiger partial charge in [-0.1, -0.05) is 78.3 Å². The van der Waals surface area contributed by atoms with Crippen LogP contribution in [0.15, 0.2) is 30.3 Å². The number of ether oxygens (including phenoxy) is 1. The largest absolute Gasteiger partial charge is 0.458 e. The lowest BCUT2D eigenvalue weighted by molar-refractivity contribution is -0.163. The molecule has 1 aromatic rings. The molecule has 2 heterocycles. The number of nitrogens with two attached hydrogens (primary N) is 2. The minimum atomic E-state index is -1.36. The summed E-state index contributed by atoms with van der Waals surface area (Å²) in [6.45, 7) is 16.7. The first-order valence-corrected chi connectivity index (χ1v) is 21.7. The molecular weight excluding hydrogens is 785 g/mol. The molecule has 3 rings (SSSR count). The highest BCUT2D eigenvalue weighted by Crippen LogP contribution is 2.24. The van der Waals surface area contributed by atoms with E-state index in [0.717, 1.165) is 0 Å². The maximum absolute atomic E-state index is 14.3. The van der Waals surface area contributed by atoms with Gasteiger partial charge in [0.2, 0.25) is 41.4 Å². The van der Waals surface area contributed by atoms with Crippen LogP contribution in [0.5, 0.6) is 0 Å². The summed E-state index contributed by atoms with van der Waals surface area (Å²) in [7, 11) is 0. The van der Waals surface area contributed by atoms with Gasteiger partial charge in [-0.15, -0.1) is 0 Å². The Hall–Kier alpha value is -5.06. The van der Waals surface area contributed by atoms with Crippen molar-refractivity contribution in [3.63, 3.8) is 0 Å². The number of amides is 7. The number of hydrogen-bond acceptors (Lipinski definition) is 10. The lowest BCUT2D eigenvalue weighted by Gasteiger charge is -2.33. The Balaban J connectivity index is 1.87. The molecule has 2 aliphatic rings. The lowest BCUT2D eigenvalue weighted by atomic mass is 9.95. The standard InChI is InChI=1S/C44H70N8O9/c1-10-27(6)36(40(57)49-30(22-25(2)3)41(58)52-21-15-19-33(52)43(60)61-44(7,8)9)50-37(54)29(23-28-16-12-11-13-17-28)47-38(55)32-18-14-20-51(32)42(59)31(24-34(45)53)48-39(56)35(46)26(4)5/h11-13,16-17,25-27,29-33,35-36H,10,14-15,18-24,46H2,1-9H3,(H2,45,53)(H,47,55)(H,48,56)(H,49,57)(H,50,54)/t27-,29-,30-,31-,32-,33-,35-,36-/m0/s1. The van der Waals surface area contributed by atoms with Crippen LogP contribution in [-0.4, -0.2) is 118 Å². The van der Waals surface area contributed by atoms with Crippen LogP contribution in [-0.2, 0) is 49.5 Å². The third-order valence-electron chi connectivity index (χ3n) is 11.1. The predicted molar refractivity (Wildman–Crippen MR) is 229 cm³/mol. The molecule has 1 aromatic carbocycles. The Morgan fingerprint density at radius 3 is 1.85 bits per heavy atom. The number of primary amides is 1. The van der Waals surface area contributed by atoms with E-state index in [0.29, 0.717) is 37.8 Å². The zero-order valence-electron chi connectivity index (χ0n) is 37.5. The first kappa shape index (κ1) is 50.3. The molecule has 0 saturated carbocycles. The monoisotopic (exact) mass is 855 g/mol. The molecule has 2 fully saturated rings. The summed E-state index contributed by atoms with van der Waals surface area (Å²) < 4.78 is 5.61. The third-order valence-corrected chi connectivity index (χ3v) is 11.1. The molecule has 0 unspecified atom stereocenters. The van der Waals surface area contributed by atoms with E-state index < -0.39 is 108 Å². The van der Waals surface area contributed by atoms with E-state index in [4.69, 9.17) is 16.2 Å². The molecule has 61 heavy (non-hydrogen) atoms. The van der Waals surface area contributed by atoms with Crippen molar-refractivity contribution < 1.29 is 43.1 Å². The number of carbonyl (C=O) groups is 8. The van der Waals surface area contributed by atoms with Gasteiger partial charge in [0, 0.05) is 19.5 Å². The van der Waals surface area contributed by atoms with Crippen LogP contribution in [0.2, 0.25) is 0 Å². The zero-order chi connectivity index (χ0) is 45.8. The molecule has 2 saturated heterocycles. The summed E-state index contributed by atoms with van der Waals surface area (Å²) in [5, 5.41) is 11.1. The van der Waals surface area contributed by atoms with Gasteiger partial charge in [-0.05, 0) is 76.2 Å². The van der Waals surface area contributed by atoms with Gasteiger partial charge in [0.15, 0.2) is 0 Å². The highest BCUT2D eigenvalue weighted by Gasteiger charge is 2.43. The van der Waals surface area contributed by atoms with Gasteiger partial charge >= 0.3 is 5.97 Å². The number of nitrogens with zero attached hydrogens (tertiary/aromatic N) is 2. The Kier molecular flexibility index (Phi) is 18.7. The zero-order valence-corrected chi connectivity index (χ0v) is 37.5. The summed E-state index contributed by atoms with van der Waals surface area (Å²) in [4.78, 5) is 111. The number of hydrogen-bond donors (Lipinski definition) is 6. The molecule has 0 aliphatic carbocycles. The average Bonchev–Trinajstić information content (AvgIpc) is 3.88. The number of benzene rings is 1. The number of rotatable bonds is 20. The minimum Gasteiger partial charge on any atom is -0.458 e. The van der Waals surface area contributed by atoms with Crippen LogP contribution in [0.1, 0.15) is 113 Å². The van der Waals surface area contributed by atoms with Gasteiger partial charge in [-0.25, -0.2) is 4.79 Å². The van der Waals surface area contributed by atoms with Crippen LogP contribution in [0.25, 0.3) is 0 Å². The maximum Gasteiger partial charge on any atom is 0.329 e. The van der Waals surface area contributed by atoms with Crippen molar-refractivity contribution in [2.45, 2.75) is 162 Å². The fourth-order valence-corrected chi connectivity index (χ4v) is 7.56. The van der Waals surface area contributed by atoms with E-state index in [1.807, 2.05) is 26.8 Å². The molecule has 17 heteroatoms. The Labute approximate surface area is 360 Å². The van der Waals surface area contributed by atoms with Crippen LogP contribution >= 0.6 is 0 Å². The normalized spacial score (nSPS) is 19.6. The molecule has 0 spiro atoms. The highest BCUT2D eigenvalue weighted by molar-refractivity contribution is 5.98. The van der Waals surface area contributed by atoms with Gasteiger partial charge in [-0.3, -0.25) is 33.6 Å². The van der Waals surface area contributed by atoms with E-state index in [1.165, 1.54) is 9.80 Å². The van der Waals surface area contributed by atoms with Crippen LogP contribution < -0.4 is 32.7 Å². The first-order chi connectivity index (χ1) is 28.5. The van der Waals surface area contributed by atoms with Gasteiger partial charge in [-0.2, -0.15) is 0 Å². The number of nitrogens with one attached hydrogen (secondary N) is 4. The molecule has 2 aliphatic heterocycles. The van der Waals surface area contributed by atoms with Gasteiger partial charge in [0.25, 0.3) is 0 Å². The fraction of sp³-hybridized carbons (Fsp3) is 0.682. The quantitative estimate of drug-likeness (QED) is 0.103. The van der Waals surface area contributed by atoms with E-state index in [2.05, 4.69) is 21.3 Å². The Bertz CT molecular complexity index is 1720. The van der Waals surface area contributed by atoms with E-state index in [-0.39, 0.29) is 37.6 Å². The van der Waals surface area contributed by atoms with E-state index in [1.54, 1.807) is 65.8 Å². The summed E-state index contributed by atoms with van der Waals surface area (Å²) in [5.74, 6) is -5.64. The molecule has 0 aromatic heterocycles. The van der Waals surface area contributed by atoms with Crippen LogP contribution in [0.4, 0.5) is 0 Å². The van der Waals surface area contributed by atoms with E-state index in [9.17, 15) is 38.4 Å². The second kappa shape index (κ2) is 22.7.